The van der Waals surface area contributed by atoms with Crippen LogP contribution in [-0.4, -0.2) is 26.7 Å². The number of aromatic nitrogens is 2. The largest absolute Gasteiger partial charge is 0.332 e. The molecule has 110 valence electrons. The van der Waals surface area contributed by atoms with Crippen LogP contribution in [0.3, 0.4) is 0 Å². The molecule has 1 aromatic heterocycles. The fourth-order valence-corrected chi connectivity index (χ4v) is 3.33. The normalized spacial score (nSPS) is 18.3. The van der Waals surface area contributed by atoms with E-state index in [4.69, 9.17) is 4.99 Å². The molecule has 3 rings (SSSR count). The first kappa shape index (κ1) is 14.2. The molecule has 0 saturated heterocycles. The van der Waals surface area contributed by atoms with Crippen LogP contribution in [0.25, 0.3) is 0 Å². The molecular formula is C16H20N4S. The van der Waals surface area contributed by atoms with Gasteiger partial charge in [-0.2, -0.15) is 5.10 Å². The minimum atomic E-state index is 0.466. The van der Waals surface area contributed by atoms with E-state index in [0.29, 0.717) is 6.04 Å². The van der Waals surface area contributed by atoms with E-state index in [1.807, 2.05) is 23.1 Å². The van der Waals surface area contributed by atoms with Crippen molar-refractivity contribution in [2.75, 3.05) is 11.1 Å². The van der Waals surface area contributed by atoms with Crippen molar-refractivity contribution < 1.29 is 0 Å². The number of aliphatic imine (C=N–C) groups is 1. The van der Waals surface area contributed by atoms with Crippen molar-refractivity contribution in [1.82, 2.24) is 9.78 Å². The Labute approximate surface area is 129 Å². The van der Waals surface area contributed by atoms with Gasteiger partial charge in [-0.15, -0.1) is 0 Å². The average molecular weight is 300 g/mol. The lowest BCUT2D eigenvalue weighted by atomic mass is 10.2. The maximum Gasteiger partial charge on any atom is 0.161 e. The number of hydrogen-bond donors (Lipinski definition) is 1. The standard InChI is InChI=1S/C16H20N4S/c1-2-14-8-9-21-16(18-14)19-15-10-17-20(12-15)11-13-6-4-3-5-7-13/h3-7,10,12,14H,2,8-9,11H2,1H3,(H,18,19). The minimum absolute atomic E-state index is 0.466. The van der Waals surface area contributed by atoms with Crippen LogP contribution in [0.5, 0.6) is 0 Å². The summed E-state index contributed by atoms with van der Waals surface area (Å²) in [6.45, 7) is 2.99. The molecule has 1 N–H and O–H groups in total. The van der Waals surface area contributed by atoms with Gasteiger partial charge in [0.1, 0.15) is 0 Å². The van der Waals surface area contributed by atoms with Crippen LogP contribution in [0.1, 0.15) is 25.3 Å². The van der Waals surface area contributed by atoms with Gasteiger partial charge in [0.05, 0.1) is 24.5 Å². The van der Waals surface area contributed by atoms with E-state index < -0.39 is 0 Å². The van der Waals surface area contributed by atoms with E-state index in [9.17, 15) is 0 Å². The van der Waals surface area contributed by atoms with Gasteiger partial charge in [0.25, 0.3) is 0 Å². The summed E-state index contributed by atoms with van der Waals surface area (Å²) in [5.41, 5.74) is 2.26. The van der Waals surface area contributed by atoms with Crippen LogP contribution in [-0.2, 0) is 6.54 Å². The number of thioether (sulfide) groups is 1. The van der Waals surface area contributed by atoms with Crippen molar-refractivity contribution in [2.24, 2.45) is 4.99 Å². The predicted molar refractivity (Wildman–Crippen MR) is 90.0 cm³/mol. The Kier molecular flexibility index (Phi) is 4.60. The van der Waals surface area contributed by atoms with Gasteiger partial charge in [0, 0.05) is 11.9 Å². The molecule has 2 aromatic rings. The van der Waals surface area contributed by atoms with Crippen LogP contribution in [0, 0.1) is 0 Å². The third-order valence-corrected chi connectivity index (χ3v) is 4.45. The lowest BCUT2D eigenvalue weighted by molar-refractivity contribution is 0.634. The first-order valence-corrected chi connectivity index (χ1v) is 8.36. The first-order valence-electron chi connectivity index (χ1n) is 7.37. The summed E-state index contributed by atoms with van der Waals surface area (Å²) in [4.78, 5) is 4.72. The number of nitrogens with one attached hydrogen (secondary N) is 1. The fraction of sp³-hybridized carbons (Fsp3) is 0.375. The van der Waals surface area contributed by atoms with Gasteiger partial charge in [-0.3, -0.25) is 9.67 Å². The molecule has 1 aromatic carbocycles. The van der Waals surface area contributed by atoms with Crippen molar-refractivity contribution in [3.8, 4) is 0 Å². The van der Waals surface area contributed by atoms with E-state index in [-0.39, 0.29) is 0 Å². The molecule has 0 bridgehead atoms. The number of nitrogens with zero attached hydrogens (tertiary/aromatic N) is 3. The highest BCUT2D eigenvalue weighted by Crippen LogP contribution is 2.21. The Balaban J connectivity index is 1.64. The van der Waals surface area contributed by atoms with Crippen LogP contribution >= 0.6 is 11.8 Å². The first-order chi connectivity index (χ1) is 10.3. The SMILES string of the molecule is CCC1CCSC(Nc2cnn(Cc3ccccc3)c2)=N1. The lowest BCUT2D eigenvalue weighted by Gasteiger charge is -2.18. The summed E-state index contributed by atoms with van der Waals surface area (Å²) in [6.07, 6.45) is 6.19. The molecule has 4 nitrogen and oxygen atoms in total. The summed E-state index contributed by atoms with van der Waals surface area (Å²) in [7, 11) is 0. The minimum Gasteiger partial charge on any atom is -0.332 e. The van der Waals surface area contributed by atoms with Gasteiger partial charge in [-0.25, -0.2) is 0 Å². The smallest absolute Gasteiger partial charge is 0.161 e. The monoisotopic (exact) mass is 300 g/mol. The number of amidine groups is 1. The van der Waals surface area contributed by atoms with Gasteiger partial charge >= 0.3 is 0 Å². The second-order valence-corrected chi connectivity index (χ2v) is 6.25. The van der Waals surface area contributed by atoms with Gasteiger partial charge in [-0.1, -0.05) is 49.0 Å². The Hall–Kier alpha value is -1.75. The van der Waals surface area contributed by atoms with Crippen LogP contribution in [0.2, 0.25) is 0 Å². The van der Waals surface area contributed by atoms with E-state index in [0.717, 1.165) is 29.6 Å². The second-order valence-electron chi connectivity index (χ2n) is 5.17. The molecule has 0 aliphatic carbocycles. The van der Waals surface area contributed by atoms with Crippen LogP contribution in [0.4, 0.5) is 5.69 Å². The van der Waals surface area contributed by atoms with Gasteiger partial charge in [0.2, 0.25) is 0 Å². The average Bonchev–Trinajstić information content (AvgIpc) is 2.95. The maximum absolute atomic E-state index is 4.72. The highest BCUT2D eigenvalue weighted by atomic mass is 32.2. The zero-order valence-electron chi connectivity index (χ0n) is 12.2. The predicted octanol–water partition coefficient (Wildman–Crippen LogP) is 3.61. The molecule has 0 amide bonds. The van der Waals surface area contributed by atoms with Crippen molar-refractivity contribution in [2.45, 2.75) is 32.4 Å². The molecule has 1 atom stereocenters. The Morgan fingerprint density at radius 3 is 3.00 bits per heavy atom. The highest BCUT2D eigenvalue weighted by molar-refractivity contribution is 8.14. The molecule has 2 heterocycles. The third kappa shape index (κ3) is 3.88. The van der Waals surface area contributed by atoms with E-state index in [1.165, 1.54) is 12.0 Å². The van der Waals surface area contributed by atoms with Gasteiger partial charge < -0.3 is 5.32 Å². The molecule has 0 fully saturated rings. The molecule has 0 radical (unpaired) electrons. The molecule has 21 heavy (non-hydrogen) atoms. The summed E-state index contributed by atoms with van der Waals surface area (Å²) in [5, 5.41) is 8.81. The Bertz CT molecular complexity index is 606. The fourth-order valence-electron chi connectivity index (χ4n) is 2.33. The highest BCUT2D eigenvalue weighted by Gasteiger charge is 2.14. The molecule has 1 aliphatic heterocycles. The maximum atomic E-state index is 4.72. The Morgan fingerprint density at radius 1 is 1.33 bits per heavy atom. The summed E-state index contributed by atoms with van der Waals surface area (Å²) in [5.74, 6) is 1.14. The molecular weight excluding hydrogens is 280 g/mol. The lowest BCUT2D eigenvalue weighted by Crippen LogP contribution is -2.19. The molecule has 0 saturated carbocycles. The number of anilines is 1. The van der Waals surface area contributed by atoms with Gasteiger partial charge in [-0.05, 0) is 18.4 Å². The molecule has 1 unspecified atom stereocenters. The van der Waals surface area contributed by atoms with Gasteiger partial charge in [0.15, 0.2) is 5.17 Å². The van der Waals surface area contributed by atoms with Crippen molar-refractivity contribution in [1.29, 1.82) is 0 Å². The zero-order chi connectivity index (χ0) is 14.5. The van der Waals surface area contributed by atoms with E-state index in [1.54, 1.807) is 11.8 Å². The number of hydrogen-bond acceptors (Lipinski definition) is 4. The van der Waals surface area contributed by atoms with E-state index >= 15 is 0 Å². The van der Waals surface area contributed by atoms with Crippen molar-refractivity contribution >= 4 is 22.6 Å². The number of rotatable bonds is 4. The topological polar surface area (TPSA) is 42.2 Å². The Morgan fingerprint density at radius 2 is 2.19 bits per heavy atom. The molecule has 5 heteroatoms. The summed E-state index contributed by atoms with van der Waals surface area (Å²) < 4.78 is 1.95. The quantitative estimate of drug-likeness (QED) is 0.938. The second kappa shape index (κ2) is 6.80. The summed E-state index contributed by atoms with van der Waals surface area (Å²) >= 11 is 1.79. The van der Waals surface area contributed by atoms with Crippen LogP contribution in [0.15, 0.2) is 47.7 Å². The van der Waals surface area contributed by atoms with Crippen molar-refractivity contribution in [3.05, 3.63) is 48.3 Å². The zero-order valence-corrected chi connectivity index (χ0v) is 13.0. The van der Waals surface area contributed by atoms with Crippen LogP contribution < -0.4 is 5.32 Å². The van der Waals surface area contributed by atoms with E-state index in [2.05, 4.69) is 41.6 Å². The summed E-state index contributed by atoms with van der Waals surface area (Å²) in [6, 6.07) is 10.8. The molecule has 1 aliphatic rings. The van der Waals surface area contributed by atoms with Crippen molar-refractivity contribution in [3.63, 3.8) is 0 Å². The molecule has 0 spiro atoms. The number of benzene rings is 1. The third-order valence-electron chi connectivity index (χ3n) is 3.53.